The highest BCUT2D eigenvalue weighted by atomic mass is 32.1. The van der Waals surface area contributed by atoms with Gasteiger partial charge in [-0.25, -0.2) is 0 Å². The lowest BCUT2D eigenvalue weighted by Gasteiger charge is -2.13. The summed E-state index contributed by atoms with van der Waals surface area (Å²) in [7, 11) is 0. The Morgan fingerprint density at radius 1 is 1.58 bits per heavy atom. The molecule has 0 aliphatic rings. The maximum Gasteiger partial charge on any atom is 0.0687 e. The van der Waals surface area contributed by atoms with E-state index in [1.54, 1.807) is 11.3 Å². The number of nitriles is 1. The van der Waals surface area contributed by atoms with Gasteiger partial charge in [0.15, 0.2) is 0 Å². The molecule has 0 unspecified atom stereocenters. The van der Waals surface area contributed by atoms with E-state index in [1.165, 1.54) is 10.4 Å². The van der Waals surface area contributed by atoms with Crippen molar-refractivity contribution in [2.45, 2.75) is 27.2 Å². The summed E-state index contributed by atoms with van der Waals surface area (Å²) in [5, 5.41) is 10.9. The molecule has 12 heavy (non-hydrogen) atoms. The fraction of sp³-hybridized carbons (Fsp3) is 0.500. The fourth-order valence-corrected chi connectivity index (χ4v) is 2.16. The molecule has 1 heterocycles. The van der Waals surface area contributed by atoms with Crippen LogP contribution in [0, 0.1) is 23.7 Å². The van der Waals surface area contributed by atoms with Crippen molar-refractivity contribution in [3.63, 3.8) is 0 Å². The van der Waals surface area contributed by atoms with Gasteiger partial charge < -0.3 is 0 Å². The monoisotopic (exact) mass is 179 g/mol. The van der Waals surface area contributed by atoms with Crippen molar-refractivity contribution in [3.05, 3.63) is 21.9 Å². The van der Waals surface area contributed by atoms with Gasteiger partial charge in [0, 0.05) is 11.3 Å². The van der Waals surface area contributed by atoms with Crippen molar-refractivity contribution < 1.29 is 0 Å². The molecular formula is C10H13NS. The molecular weight excluding hydrogens is 166 g/mol. The largest absolute Gasteiger partial charge is 0.198 e. The van der Waals surface area contributed by atoms with Crippen LogP contribution in [0.2, 0.25) is 0 Å². The maximum absolute atomic E-state index is 8.84. The van der Waals surface area contributed by atoms with Crippen molar-refractivity contribution in [2.24, 2.45) is 5.41 Å². The summed E-state index contributed by atoms with van der Waals surface area (Å²) < 4.78 is 0. The molecule has 0 saturated heterocycles. The highest BCUT2D eigenvalue weighted by Gasteiger charge is 2.18. The minimum Gasteiger partial charge on any atom is -0.198 e. The van der Waals surface area contributed by atoms with Crippen molar-refractivity contribution in [1.29, 1.82) is 5.26 Å². The van der Waals surface area contributed by atoms with E-state index in [4.69, 9.17) is 5.26 Å². The molecule has 0 N–H and O–H groups in total. The molecule has 0 aromatic carbocycles. The Morgan fingerprint density at radius 2 is 2.25 bits per heavy atom. The van der Waals surface area contributed by atoms with E-state index in [9.17, 15) is 0 Å². The van der Waals surface area contributed by atoms with Gasteiger partial charge in [0.05, 0.1) is 11.5 Å². The summed E-state index contributed by atoms with van der Waals surface area (Å²) >= 11 is 1.74. The van der Waals surface area contributed by atoms with Crippen LogP contribution >= 0.6 is 11.3 Å². The van der Waals surface area contributed by atoms with Gasteiger partial charge in [-0.2, -0.15) is 5.26 Å². The SMILES string of the molecule is Cc1ccsc1CC(C)(C)C#N. The summed E-state index contributed by atoms with van der Waals surface area (Å²) in [6, 6.07) is 4.42. The van der Waals surface area contributed by atoms with Gasteiger partial charge in [0.25, 0.3) is 0 Å². The Hall–Kier alpha value is -0.810. The first-order chi connectivity index (χ1) is 5.55. The van der Waals surface area contributed by atoms with Crippen molar-refractivity contribution >= 4 is 11.3 Å². The average molecular weight is 179 g/mol. The topological polar surface area (TPSA) is 23.8 Å². The van der Waals surface area contributed by atoms with Gasteiger partial charge in [-0.1, -0.05) is 0 Å². The van der Waals surface area contributed by atoms with Gasteiger partial charge in [0.2, 0.25) is 0 Å². The quantitative estimate of drug-likeness (QED) is 0.684. The van der Waals surface area contributed by atoms with E-state index in [0.29, 0.717) is 0 Å². The maximum atomic E-state index is 8.84. The molecule has 0 amide bonds. The van der Waals surface area contributed by atoms with Crippen LogP contribution in [0.4, 0.5) is 0 Å². The second-order valence-electron chi connectivity index (χ2n) is 3.70. The number of nitrogens with zero attached hydrogens (tertiary/aromatic N) is 1. The zero-order chi connectivity index (χ0) is 9.19. The van der Waals surface area contributed by atoms with Crippen LogP contribution in [0.25, 0.3) is 0 Å². The van der Waals surface area contributed by atoms with E-state index in [2.05, 4.69) is 24.4 Å². The third kappa shape index (κ3) is 2.09. The predicted molar refractivity (Wildman–Crippen MR) is 52.2 cm³/mol. The second-order valence-corrected chi connectivity index (χ2v) is 4.70. The molecule has 0 aliphatic heterocycles. The van der Waals surface area contributed by atoms with E-state index in [0.717, 1.165) is 6.42 Å². The van der Waals surface area contributed by atoms with E-state index < -0.39 is 0 Å². The van der Waals surface area contributed by atoms with Crippen LogP contribution in [0.15, 0.2) is 11.4 Å². The third-order valence-electron chi connectivity index (χ3n) is 1.87. The Kier molecular flexibility index (Phi) is 2.54. The average Bonchev–Trinajstić information content (AvgIpc) is 2.36. The lowest BCUT2D eigenvalue weighted by Crippen LogP contribution is -2.11. The van der Waals surface area contributed by atoms with Gasteiger partial charge in [-0.05, 0) is 37.8 Å². The summed E-state index contributed by atoms with van der Waals surface area (Å²) in [5.41, 5.74) is 1.08. The minimum absolute atomic E-state index is 0.227. The number of aryl methyl sites for hydroxylation is 1. The van der Waals surface area contributed by atoms with Gasteiger partial charge in [-0.15, -0.1) is 11.3 Å². The first-order valence-electron chi connectivity index (χ1n) is 3.99. The standard InChI is InChI=1S/C10H13NS/c1-8-4-5-12-9(8)6-10(2,3)7-11/h4-5H,6H2,1-3H3. The first kappa shape index (κ1) is 9.28. The molecule has 0 atom stereocenters. The number of thiophene rings is 1. The molecule has 1 aromatic rings. The molecule has 0 aliphatic carbocycles. The molecule has 0 fully saturated rings. The van der Waals surface area contributed by atoms with E-state index in [-0.39, 0.29) is 5.41 Å². The minimum atomic E-state index is -0.227. The number of hydrogen-bond acceptors (Lipinski definition) is 2. The highest BCUT2D eigenvalue weighted by Crippen LogP contribution is 2.26. The van der Waals surface area contributed by atoms with Crippen LogP contribution < -0.4 is 0 Å². The highest BCUT2D eigenvalue weighted by molar-refractivity contribution is 7.10. The second kappa shape index (κ2) is 3.28. The molecule has 1 nitrogen and oxygen atoms in total. The van der Waals surface area contributed by atoms with Crippen molar-refractivity contribution in [3.8, 4) is 6.07 Å². The van der Waals surface area contributed by atoms with Crippen LogP contribution in [0.5, 0.6) is 0 Å². The van der Waals surface area contributed by atoms with E-state index in [1.807, 2.05) is 13.8 Å². The Bertz CT molecular complexity index is 304. The Morgan fingerprint density at radius 3 is 2.67 bits per heavy atom. The van der Waals surface area contributed by atoms with Crippen LogP contribution in [0.1, 0.15) is 24.3 Å². The van der Waals surface area contributed by atoms with Crippen LogP contribution in [0.3, 0.4) is 0 Å². The lowest BCUT2D eigenvalue weighted by molar-refractivity contribution is 0.497. The molecule has 0 radical (unpaired) electrons. The van der Waals surface area contributed by atoms with Crippen LogP contribution in [-0.2, 0) is 6.42 Å². The summed E-state index contributed by atoms with van der Waals surface area (Å²) in [4.78, 5) is 1.33. The summed E-state index contributed by atoms with van der Waals surface area (Å²) in [6.07, 6.45) is 0.868. The fourth-order valence-electron chi connectivity index (χ4n) is 1.03. The number of rotatable bonds is 2. The number of hydrogen-bond donors (Lipinski definition) is 0. The zero-order valence-electron chi connectivity index (χ0n) is 7.72. The van der Waals surface area contributed by atoms with Crippen molar-refractivity contribution in [2.75, 3.05) is 0 Å². The summed E-state index contributed by atoms with van der Waals surface area (Å²) in [6.45, 7) is 6.05. The Balaban J connectivity index is 2.78. The van der Waals surface area contributed by atoms with Crippen molar-refractivity contribution in [1.82, 2.24) is 0 Å². The smallest absolute Gasteiger partial charge is 0.0687 e. The van der Waals surface area contributed by atoms with E-state index >= 15 is 0 Å². The van der Waals surface area contributed by atoms with Crippen LogP contribution in [-0.4, -0.2) is 0 Å². The molecule has 0 saturated carbocycles. The molecule has 1 aromatic heterocycles. The molecule has 0 bridgehead atoms. The first-order valence-corrected chi connectivity index (χ1v) is 4.87. The molecule has 64 valence electrons. The normalized spacial score (nSPS) is 11.2. The van der Waals surface area contributed by atoms with Gasteiger partial charge >= 0.3 is 0 Å². The Labute approximate surface area is 77.7 Å². The molecule has 0 spiro atoms. The zero-order valence-corrected chi connectivity index (χ0v) is 8.53. The predicted octanol–water partition coefficient (Wildman–Crippen LogP) is 3.15. The summed E-state index contributed by atoms with van der Waals surface area (Å²) in [5.74, 6) is 0. The van der Waals surface area contributed by atoms with Gasteiger partial charge in [0.1, 0.15) is 0 Å². The lowest BCUT2D eigenvalue weighted by atomic mass is 9.90. The molecule has 1 rings (SSSR count). The van der Waals surface area contributed by atoms with Gasteiger partial charge in [-0.3, -0.25) is 0 Å². The third-order valence-corrected chi connectivity index (χ3v) is 2.90. The molecule has 2 heteroatoms.